The molecule has 2 atom stereocenters. The second-order valence-corrected chi connectivity index (χ2v) is 8.57. The van der Waals surface area contributed by atoms with Crippen molar-refractivity contribution in [2.75, 3.05) is 72.4 Å². The van der Waals surface area contributed by atoms with E-state index < -0.39 is 11.3 Å². The van der Waals surface area contributed by atoms with Gasteiger partial charge in [0.25, 0.3) is 0 Å². The molecular formula is C23H33N3O5. The average Bonchev–Trinajstić information content (AvgIpc) is 2.98. The summed E-state index contributed by atoms with van der Waals surface area (Å²) >= 11 is 0. The second kappa shape index (κ2) is 9.65. The molecule has 3 saturated heterocycles. The smallest absolute Gasteiger partial charge is 0.241 e. The number of ether oxygens (including phenoxy) is 3. The van der Waals surface area contributed by atoms with Crippen molar-refractivity contribution in [2.24, 2.45) is 5.92 Å². The van der Waals surface area contributed by atoms with Crippen molar-refractivity contribution in [2.45, 2.75) is 19.3 Å². The molecule has 2 amide bonds. The van der Waals surface area contributed by atoms with Gasteiger partial charge in [-0.2, -0.15) is 0 Å². The number of rotatable bonds is 7. The van der Waals surface area contributed by atoms with E-state index in [-0.39, 0.29) is 11.8 Å². The van der Waals surface area contributed by atoms with Gasteiger partial charge >= 0.3 is 0 Å². The maximum Gasteiger partial charge on any atom is 0.241 e. The first-order valence-corrected chi connectivity index (χ1v) is 11.2. The Kier molecular flexibility index (Phi) is 6.91. The SMILES string of the molecule is CCOc1ccc([C@]2(C)C(=O)N(CN3CCOCC3)C(=O)[C@@H]2CN2CCOCC2)cc1. The Labute approximate surface area is 184 Å². The zero-order valence-corrected chi connectivity index (χ0v) is 18.5. The van der Waals surface area contributed by atoms with Crippen molar-refractivity contribution in [1.82, 2.24) is 14.7 Å². The van der Waals surface area contributed by atoms with Crippen molar-refractivity contribution in [3.8, 4) is 5.75 Å². The minimum atomic E-state index is -0.910. The lowest BCUT2D eigenvalue weighted by Crippen LogP contribution is -2.47. The predicted octanol–water partition coefficient (Wildman–Crippen LogP) is 0.950. The molecule has 3 aliphatic heterocycles. The van der Waals surface area contributed by atoms with E-state index in [9.17, 15) is 9.59 Å². The molecule has 1 aromatic carbocycles. The van der Waals surface area contributed by atoms with E-state index >= 15 is 0 Å². The molecule has 4 rings (SSSR count). The van der Waals surface area contributed by atoms with E-state index in [2.05, 4.69) is 9.80 Å². The first-order chi connectivity index (χ1) is 15.0. The molecule has 0 radical (unpaired) electrons. The van der Waals surface area contributed by atoms with Crippen molar-refractivity contribution in [3.05, 3.63) is 29.8 Å². The minimum absolute atomic E-state index is 0.0839. The molecule has 0 bridgehead atoms. The Morgan fingerprint density at radius 2 is 1.55 bits per heavy atom. The van der Waals surface area contributed by atoms with Crippen LogP contribution in [0.25, 0.3) is 0 Å². The molecule has 3 fully saturated rings. The number of hydrogen-bond acceptors (Lipinski definition) is 7. The van der Waals surface area contributed by atoms with Crippen LogP contribution in [0.5, 0.6) is 5.75 Å². The van der Waals surface area contributed by atoms with Crippen LogP contribution in [-0.2, 0) is 24.5 Å². The summed E-state index contributed by atoms with van der Waals surface area (Å²) in [6, 6.07) is 7.64. The lowest BCUT2D eigenvalue weighted by molar-refractivity contribution is -0.143. The Morgan fingerprint density at radius 3 is 2.13 bits per heavy atom. The number of amides is 2. The highest BCUT2D eigenvalue weighted by Gasteiger charge is 2.57. The van der Waals surface area contributed by atoms with Crippen LogP contribution in [-0.4, -0.2) is 98.9 Å². The molecule has 0 aromatic heterocycles. The van der Waals surface area contributed by atoms with Crippen LogP contribution in [0.3, 0.4) is 0 Å². The van der Waals surface area contributed by atoms with Crippen molar-refractivity contribution < 1.29 is 23.8 Å². The van der Waals surface area contributed by atoms with Gasteiger partial charge in [0.05, 0.1) is 51.0 Å². The monoisotopic (exact) mass is 431 g/mol. The molecule has 0 N–H and O–H groups in total. The van der Waals surface area contributed by atoms with Gasteiger partial charge in [-0.1, -0.05) is 12.1 Å². The number of likely N-dealkylation sites (tertiary alicyclic amines) is 1. The van der Waals surface area contributed by atoms with Crippen LogP contribution < -0.4 is 4.74 Å². The predicted molar refractivity (Wildman–Crippen MR) is 115 cm³/mol. The highest BCUT2D eigenvalue weighted by atomic mass is 16.5. The Bertz CT molecular complexity index is 774. The molecule has 8 nitrogen and oxygen atoms in total. The standard InChI is InChI=1S/C23H33N3O5/c1-3-31-19-6-4-18(5-7-19)23(2)20(16-24-8-12-29-13-9-24)21(27)26(22(23)28)17-25-10-14-30-15-11-25/h4-7,20H,3,8-17H2,1-2H3/t20-,23-/m0/s1. The van der Waals surface area contributed by atoms with Gasteiger partial charge in [0.1, 0.15) is 5.75 Å². The van der Waals surface area contributed by atoms with Gasteiger partial charge in [-0.15, -0.1) is 0 Å². The minimum Gasteiger partial charge on any atom is -0.494 e. The van der Waals surface area contributed by atoms with Crippen molar-refractivity contribution in [3.63, 3.8) is 0 Å². The molecular weight excluding hydrogens is 398 g/mol. The summed E-state index contributed by atoms with van der Waals surface area (Å²) in [4.78, 5) is 33.2. The van der Waals surface area contributed by atoms with Crippen molar-refractivity contribution >= 4 is 11.8 Å². The molecule has 0 spiro atoms. The van der Waals surface area contributed by atoms with Crippen LogP contribution in [0, 0.1) is 5.92 Å². The van der Waals surface area contributed by atoms with Crippen LogP contribution in [0.15, 0.2) is 24.3 Å². The van der Waals surface area contributed by atoms with Gasteiger partial charge in [0.2, 0.25) is 11.8 Å². The number of benzene rings is 1. The third-order valence-electron chi connectivity index (χ3n) is 6.71. The molecule has 0 unspecified atom stereocenters. The summed E-state index contributed by atoms with van der Waals surface area (Å²) in [6.07, 6.45) is 0. The van der Waals surface area contributed by atoms with Gasteiger partial charge in [-0.05, 0) is 31.5 Å². The number of hydrogen-bond donors (Lipinski definition) is 0. The molecule has 1 aromatic rings. The summed E-state index contributed by atoms with van der Waals surface area (Å²) in [5, 5.41) is 0. The van der Waals surface area contributed by atoms with E-state index in [1.165, 1.54) is 4.90 Å². The highest BCUT2D eigenvalue weighted by molar-refractivity contribution is 6.10. The van der Waals surface area contributed by atoms with Crippen LogP contribution in [0.2, 0.25) is 0 Å². The van der Waals surface area contributed by atoms with Crippen LogP contribution in [0.4, 0.5) is 0 Å². The van der Waals surface area contributed by atoms with Gasteiger partial charge in [0.15, 0.2) is 0 Å². The molecule has 170 valence electrons. The number of imide groups is 1. The average molecular weight is 432 g/mol. The topological polar surface area (TPSA) is 71.6 Å². The fourth-order valence-electron chi connectivity index (χ4n) is 4.73. The first kappa shape index (κ1) is 22.2. The third kappa shape index (κ3) is 4.48. The lowest BCUT2D eigenvalue weighted by Gasteiger charge is -2.34. The van der Waals surface area contributed by atoms with Crippen molar-refractivity contribution in [1.29, 1.82) is 0 Å². The summed E-state index contributed by atoms with van der Waals surface area (Å²) < 4.78 is 16.5. The fourth-order valence-corrected chi connectivity index (χ4v) is 4.73. The summed E-state index contributed by atoms with van der Waals surface area (Å²) in [5.41, 5.74) is -0.0519. The van der Waals surface area contributed by atoms with Crippen LogP contribution in [0.1, 0.15) is 19.4 Å². The Morgan fingerprint density at radius 1 is 0.968 bits per heavy atom. The van der Waals surface area contributed by atoms with E-state index in [0.717, 1.165) is 37.5 Å². The number of carbonyl (C=O) groups is 2. The number of nitrogens with zero attached hydrogens (tertiary/aromatic N) is 3. The Balaban J connectivity index is 1.62. The molecule has 0 saturated carbocycles. The van der Waals surface area contributed by atoms with Crippen LogP contribution >= 0.6 is 0 Å². The van der Waals surface area contributed by atoms with E-state index in [4.69, 9.17) is 14.2 Å². The van der Waals surface area contributed by atoms with Gasteiger partial charge in [-0.3, -0.25) is 24.3 Å². The second-order valence-electron chi connectivity index (χ2n) is 8.57. The summed E-state index contributed by atoms with van der Waals surface area (Å²) in [6.45, 7) is 10.9. The summed E-state index contributed by atoms with van der Waals surface area (Å²) in [5.74, 6) is 0.129. The first-order valence-electron chi connectivity index (χ1n) is 11.2. The molecule has 8 heteroatoms. The molecule has 0 aliphatic carbocycles. The summed E-state index contributed by atoms with van der Waals surface area (Å²) in [7, 11) is 0. The van der Waals surface area contributed by atoms with Gasteiger partial charge < -0.3 is 14.2 Å². The third-order valence-corrected chi connectivity index (χ3v) is 6.71. The zero-order chi connectivity index (χ0) is 21.8. The molecule has 3 aliphatic rings. The van der Waals surface area contributed by atoms with Gasteiger partial charge in [0, 0.05) is 32.7 Å². The molecule has 31 heavy (non-hydrogen) atoms. The van der Waals surface area contributed by atoms with Gasteiger partial charge in [-0.25, -0.2) is 0 Å². The molecule has 3 heterocycles. The largest absolute Gasteiger partial charge is 0.494 e. The van der Waals surface area contributed by atoms with E-state index in [1.807, 2.05) is 38.1 Å². The Hall–Kier alpha value is -2.00. The number of carbonyl (C=O) groups excluding carboxylic acids is 2. The maximum atomic E-state index is 13.7. The number of morpholine rings is 2. The van der Waals surface area contributed by atoms with E-state index in [1.54, 1.807) is 0 Å². The highest BCUT2D eigenvalue weighted by Crippen LogP contribution is 2.42. The quantitative estimate of drug-likeness (QED) is 0.596. The van der Waals surface area contributed by atoms with E-state index in [0.29, 0.717) is 46.2 Å². The normalized spacial score (nSPS) is 28.3. The lowest BCUT2D eigenvalue weighted by atomic mass is 9.73. The zero-order valence-electron chi connectivity index (χ0n) is 18.5. The fraction of sp³-hybridized carbons (Fsp3) is 0.652. The maximum absolute atomic E-state index is 13.7.